The van der Waals surface area contributed by atoms with E-state index in [2.05, 4.69) is 0 Å². The van der Waals surface area contributed by atoms with Crippen LogP contribution in [0, 0.1) is 0 Å². The maximum atomic E-state index is 12.8. The second-order valence-electron chi connectivity index (χ2n) is 4.80. The number of alkyl halides is 1. The summed E-state index contributed by atoms with van der Waals surface area (Å²) in [6, 6.07) is 14.3. The second kappa shape index (κ2) is 5.01. The lowest BCUT2D eigenvalue weighted by Gasteiger charge is -2.31. The zero-order valence-corrected chi connectivity index (χ0v) is 12.2. The van der Waals surface area contributed by atoms with E-state index in [-0.39, 0.29) is 6.61 Å². The molecule has 3 rings (SSSR count). The lowest BCUT2D eigenvalue weighted by Crippen LogP contribution is -2.42. The highest BCUT2D eigenvalue weighted by molar-refractivity contribution is 6.49. The molecule has 0 aliphatic heterocycles. The number of hydrogen-bond acceptors (Lipinski definition) is 3. The van der Waals surface area contributed by atoms with Crippen LogP contribution in [-0.2, 0) is 14.4 Å². The molecule has 4 heteroatoms. The summed E-state index contributed by atoms with van der Waals surface area (Å²) in [7, 11) is 0. The molecule has 3 nitrogen and oxygen atoms in total. The Morgan fingerprint density at radius 3 is 2.29 bits per heavy atom. The van der Waals surface area contributed by atoms with Gasteiger partial charge in [-0.1, -0.05) is 60.1 Å². The summed E-state index contributed by atoms with van der Waals surface area (Å²) in [6.45, 7) is 1.86. The number of Topliss-reactive ketones (excluding diaryl/α,β-unsaturated/α-hetero) is 1. The molecule has 0 heterocycles. The van der Waals surface area contributed by atoms with Crippen LogP contribution in [0.15, 0.2) is 48.5 Å². The Morgan fingerprint density at radius 1 is 1.05 bits per heavy atom. The molecule has 1 aliphatic carbocycles. The van der Waals surface area contributed by atoms with Gasteiger partial charge in [-0.05, 0) is 23.6 Å². The average molecular weight is 301 g/mol. The number of halogens is 1. The summed E-state index contributed by atoms with van der Waals surface area (Å²) in [6.07, 6.45) is 0. The maximum absolute atomic E-state index is 12.8. The fourth-order valence-electron chi connectivity index (χ4n) is 2.68. The molecule has 1 atom stereocenters. The Balaban J connectivity index is 2.30. The largest absolute Gasteiger partial charge is 0.464 e. The minimum Gasteiger partial charge on any atom is -0.464 e. The van der Waals surface area contributed by atoms with Gasteiger partial charge < -0.3 is 4.74 Å². The molecule has 1 aliphatic rings. The summed E-state index contributed by atoms with van der Waals surface area (Å²) in [5, 5.41) is 0. The molecule has 21 heavy (non-hydrogen) atoms. The third kappa shape index (κ3) is 1.88. The van der Waals surface area contributed by atoms with Crippen LogP contribution in [0.25, 0.3) is 11.1 Å². The molecule has 2 aromatic carbocycles. The molecule has 0 radical (unpaired) electrons. The minimum absolute atomic E-state index is 0.171. The number of ether oxygens (including phenoxy) is 1. The van der Waals surface area contributed by atoms with Crippen molar-refractivity contribution in [3.63, 3.8) is 0 Å². The molecular formula is C17H13ClO3. The van der Waals surface area contributed by atoms with Crippen LogP contribution in [0.1, 0.15) is 22.8 Å². The molecule has 0 fully saturated rings. The molecule has 0 amide bonds. The molecular weight excluding hydrogens is 288 g/mol. The lowest BCUT2D eigenvalue weighted by molar-refractivity contribution is -0.145. The smallest absolute Gasteiger partial charge is 0.340 e. The van der Waals surface area contributed by atoms with Crippen LogP contribution in [0.4, 0.5) is 0 Å². The first-order chi connectivity index (χ1) is 10.1. The first-order valence-corrected chi connectivity index (χ1v) is 7.08. The lowest BCUT2D eigenvalue weighted by atomic mass is 9.77. The first kappa shape index (κ1) is 13.8. The Bertz CT molecular complexity index is 738. The minimum atomic E-state index is -1.80. The predicted molar refractivity (Wildman–Crippen MR) is 80.4 cm³/mol. The van der Waals surface area contributed by atoms with Gasteiger partial charge in [-0.25, -0.2) is 4.79 Å². The maximum Gasteiger partial charge on any atom is 0.340 e. The number of fused-ring (bicyclic) bond motifs is 3. The van der Waals surface area contributed by atoms with E-state index in [1.807, 2.05) is 24.3 Å². The Hall–Kier alpha value is -2.13. The summed E-state index contributed by atoms with van der Waals surface area (Å²) in [5.41, 5.74) is 2.50. The number of rotatable bonds is 2. The molecule has 0 N–H and O–H groups in total. The molecule has 1 unspecified atom stereocenters. The van der Waals surface area contributed by atoms with E-state index < -0.39 is 16.6 Å². The average Bonchev–Trinajstić information content (AvgIpc) is 2.53. The zero-order valence-electron chi connectivity index (χ0n) is 11.4. The highest BCUT2D eigenvalue weighted by Gasteiger charge is 2.52. The number of hydrogen-bond donors (Lipinski definition) is 0. The van der Waals surface area contributed by atoms with Crippen molar-refractivity contribution in [2.75, 3.05) is 6.61 Å². The van der Waals surface area contributed by atoms with Crippen molar-refractivity contribution < 1.29 is 14.3 Å². The van der Waals surface area contributed by atoms with Crippen molar-refractivity contribution in [2.45, 2.75) is 11.8 Å². The van der Waals surface area contributed by atoms with Gasteiger partial charge in [-0.15, -0.1) is 0 Å². The van der Waals surface area contributed by atoms with E-state index in [0.717, 1.165) is 11.1 Å². The monoisotopic (exact) mass is 300 g/mol. The van der Waals surface area contributed by atoms with E-state index in [1.165, 1.54) is 0 Å². The highest BCUT2D eigenvalue weighted by atomic mass is 35.5. The quantitative estimate of drug-likeness (QED) is 0.484. The summed E-state index contributed by atoms with van der Waals surface area (Å²) in [5.74, 6) is -1.16. The molecule has 0 bridgehead atoms. The summed E-state index contributed by atoms with van der Waals surface area (Å²) < 4.78 is 5.03. The fourth-order valence-corrected chi connectivity index (χ4v) is 3.00. The third-order valence-corrected chi connectivity index (χ3v) is 4.16. The Kier molecular flexibility index (Phi) is 3.30. The van der Waals surface area contributed by atoms with E-state index in [9.17, 15) is 9.59 Å². The van der Waals surface area contributed by atoms with Gasteiger partial charge in [0.2, 0.25) is 4.87 Å². The number of carbonyl (C=O) groups is 2. The molecule has 0 spiro atoms. The van der Waals surface area contributed by atoms with Crippen LogP contribution < -0.4 is 0 Å². The number of esters is 1. The van der Waals surface area contributed by atoms with Crippen molar-refractivity contribution in [3.8, 4) is 11.1 Å². The number of benzene rings is 2. The van der Waals surface area contributed by atoms with Crippen LogP contribution in [0.3, 0.4) is 0 Å². The normalized spacial score (nSPS) is 19.6. The Morgan fingerprint density at radius 2 is 1.62 bits per heavy atom. The predicted octanol–water partition coefficient (Wildman–Crippen LogP) is 3.55. The van der Waals surface area contributed by atoms with Crippen molar-refractivity contribution >= 4 is 23.4 Å². The van der Waals surface area contributed by atoms with Gasteiger partial charge in [0.25, 0.3) is 0 Å². The topological polar surface area (TPSA) is 43.4 Å². The SMILES string of the molecule is CCOC(=O)C1(Cl)C(=O)c2ccccc2-c2ccccc21. The zero-order chi connectivity index (χ0) is 15.0. The third-order valence-electron chi connectivity index (χ3n) is 3.63. The molecule has 0 saturated carbocycles. The van der Waals surface area contributed by atoms with Gasteiger partial charge in [-0.2, -0.15) is 0 Å². The van der Waals surface area contributed by atoms with Crippen LogP contribution in [0.5, 0.6) is 0 Å². The van der Waals surface area contributed by atoms with Gasteiger partial charge in [0, 0.05) is 5.56 Å². The van der Waals surface area contributed by atoms with Crippen molar-refractivity contribution in [1.82, 2.24) is 0 Å². The molecule has 106 valence electrons. The van der Waals surface area contributed by atoms with Crippen molar-refractivity contribution in [1.29, 1.82) is 0 Å². The van der Waals surface area contributed by atoms with Crippen LogP contribution in [-0.4, -0.2) is 18.4 Å². The van der Waals surface area contributed by atoms with E-state index in [1.54, 1.807) is 31.2 Å². The van der Waals surface area contributed by atoms with E-state index in [0.29, 0.717) is 11.1 Å². The van der Waals surface area contributed by atoms with Gasteiger partial charge in [-0.3, -0.25) is 4.79 Å². The summed E-state index contributed by atoms with van der Waals surface area (Å²) in [4.78, 5) is 23.3. The fraction of sp³-hybridized carbons (Fsp3) is 0.176. The first-order valence-electron chi connectivity index (χ1n) is 6.70. The summed E-state index contributed by atoms with van der Waals surface area (Å²) >= 11 is 6.49. The van der Waals surface area contributed by atoms with Crippen LogP contribution in [0.2, 0.25) is 0 Å². The van der Waals surface area contributed by atoms with Gasteiger partial charge in [0.15, 0.2) is 5.78 Å². The van der Waals surface area contributed by atoms with Gasteiger partial charge in [0.05, 0.1) is 6.61 Å². The van der Waals surface area contributed by atoms with Gasteiger partial charge in [0.1, 0.15) is 0 Å². The van der Waals surface area contributed by atoms with Crippen molar-refractivity contribution in [3.05, 3.63) is 59.7 Å². The Labute approximate surface area is 127 Å². The van der Waals surface area contributed by atoms with Crippen LogP contribution >= 0.6 is 11.6 Å². The van der Waals surface area contributed by atoms with Gasteiger partial charge >= 0.3 is 5.97 Å². The van der Waals surface area contributed by atoms with E-state index in [4.69, 9.17) is 16.3 Å². The molecule has 2 aromatic rings. The highest BCUT2D eigenvalue weighted by Crippen LogP contribution is 2.46. The van der Waals surface area contributed by atoms with Crippen molar-refractivity contribution in [2.24, 2.45) is 0 Å². The molecule has 0 saturated heterocycles. The number of carbonyl (C=O) groups excluding carboxylic acids is 2. The standard InChI is InChI=1S/C17H13ClO3/c1-2-21-16(20)17(18)14-10-6-5-8-12(14)11-7-3-4-9-13(11)15(17)19/h3-10H,2H2,1H3. The second-order valence-corrected chi connectivity index (χ2v) is 5.37. The molecule has 0 aromatic heterocycles. The number of ketones is 1. The van der Waals surface area contributed by atoms with E-state index >= 15 is 0 Å².